The molecule has 0 saturated carbocycles. The second-order valence-corrected chi connectivity index (χ2v) is 9.42. The Morgan fingerprint density at radius 3 is 2.43 bits per heavy atom. The van der Waals surface area contributed by atoms with Crippen LogP contribution in [-0.2, 0) is 10.2 Å². The van der Waals surface area contributed by atoms with E-state index in [1.54, 1.807) is 13.0 Å². The lowest BCUT2D eigenvalue weighted by atomic mass is 9.61. The summed E-state index contributed by atoms with van der Waals surface area (Å²) >= 11 is 0. The molecule has 0 radical (unpaired) electrons. The van der Waals surface area contributed by atoms with Crippen LogP contribution in [0.2, 0.25) is 0 Å². The fourth-order valence-corrected chi connectivity index (χ4v) is 4.41. The minimum Gasteiger partial charge on any atom is -0.380 e. The molecule has 1 aromatic carbocycles. The van der Waals surface area contributed by atoms with E-state index in [1.807, 2.05) is 27.7 Å². The van der Waals surface area contributed by atoms with Crippen LogP contribution in [-0.4, -0.2) is 31.1 Å². The fraction of sp³-hybridized carbons (Fsp3) is 0.667. The third-order valence-corrected chi connectivity index (χ3v) is 6.50. The molecule has 3 unspecified atom stereocenters. The molecule has 0 spiro atoms. The van der Waals surface area contributed by atoms with Gasteiger partial charge in [-0.25, -0.2) is 13.2 Å². The maximum Gasteiger partial charge on any atom is 0.276 e. The number of hydrogen-bond acceptors (Lipinski definition) is 3. The number of benzene rings is 1. The summed E-state index contributed by atoms with van der Waals surface area (Å²) in [5, 5.41) is 8.57. The Morgan fingerprint density at radius 2 is 1.97 bits per heavy atom. The molecule has 0 aromatic heterocycles. The molecule has 30 heavy (non-hydrogen) atoms. The Hall–Kier alpha value is -1.69. The number of ether oxygens (including phenoxy) is 1. The van der Waals surface area contributed by atoms with Crippen molar-refractivity contribution in [3.63, 3.8) is 0 Å². The number of rotatable bonds is 8. The van der Waals surface area contributed by atoms with Gasteiger partial charge in [0.15, 0.2) is 0 Å². The highest BCUT2D eigenvalue weighted by molar-refractivity contribution is 5.89. The van der Waals surface area contributed by atoms with Gasteiger partial charge in [-0.05, 0) is 53.9 Å². The average Bonchev–Trinajstić information content (AvgIpc) is 3.05. The minimum absolute atomic E-state index is 0.00352. The van der Waals surface area contributed by atoms with E-state index in [2.05, 4.69) is 11.9 Å². The minimum atomic E-state index is -2.64. The topological polar surface area (TPSA) is 45.4 Å². The number of nitrogens with one attached hydrogen (secondary N) is 1. The smallest absolute Gasteiger partial charge is 0.276 e. The number of halogens is 3. The highest BCUT2D eigenvalue weighted by Crippen LogP contribution is 2.49. The number of alkyl halides is 2. The van der Waals surface area contributed by atoms with E-state index in [-0.39, 0.29) is 35.2 Å². The molecular weight excluding hydrogens is 389 g/mol. The van der Waals surface area contributed by atoms with Gasteiger partial charge >= 0.3 is 0 Å². The first-order valence-corrected chi connectivity index (χ1v) is 10.8. The van der Waals surface area contributed by atoms with Crippen molar-refractivity contribution in [1.82, 2.24) is 0 Å². The lowest BCUT2D eigenvalue weighted by molar-refractivity contribution is 0.150. The highest BCUT2D eigenvalue weighted by atomic mass is 19.3. The first-order valence-electron chi connectivity index (χ1n) is 10.8. The van der Waals surface area contributed by atoms with Gasteiger partial charge in [-0.3, -0.25) is 4.99 Å². The van der Waals surface area contributed by atoms with Crippen LogP contribution in [0.25, 0.3) is 0 Å². The summed E-state index contributed by atoms with van der Waals surface area (Å²) in [6.45, 7) is 12.6. The van der Waals surface area contributed by atoms with Crippen molar-refractivity contribution in [3.05, 3.63) is 29.6 Å². The molecule has 1 heterocycles. The molecule has 3 nitrogen and oxygen atoms in total. The summed E-state index contributed by atoms with van der Waals surface area (Å²) in [5.74, 6) is -0.344. The van der Waals surface area contributed by atoms with E-state index < -0.39 is 11.8 Å². The number of nitrogens with zero attached hydrogens (tertiary/aromatic N) is 1. The molecule has 1 aromatic rings. The van der Waals surface area contributed by atoms with Gasteiger partial charge in [0, 0.05) is 11.1 Å². The molecular formula is C24H35F3N2O. The summed E-state index contributed by atoms with van der Waals surface area (Å²) in [6, 6.07) is 4.38. The predicted molar refractivity (Wildman–Crippen MR) is 117 cm³/mol. The van der Waals surface area contributed by atoms with Crippen LogP contribution in [0.15, 0.2) is 23.2 Å². The average molecular weight is 425 g/mol. The van der Waals surface area contributed by atoms with Gasteiger partial charge < -0.3 is 10.1 Å². The molecule has 1 N–H and O–H groups in total. The third-order valence-electron chi connectivity index (χ3n) is 6.50. The van der Waals surface area contributed by atoms with Gasteiger partial charge in [0.2, 0.25) is 0 Å². The first kappa shape index (κ1) is 24.6. The molecule has 168 valence electrons. The summed E-state index contributed by atoms with van der Waals surface area (Å²) in [7, 11) is 0. The van der Waals surface area contributed by atoms with Crippen LogP contribution in [0.4, 0.5) is 18.9 Å². The molecule has 0 bridgehead atoms. The van der Waals surface area contributed by atoms with E-state index in [0.717, 1.165) is 6.42 Å². The van der Waals surface area contributed by atoms with E-state index >= 15 is 4.39 Å². The second-order valence-electron chi connectivity index (χ2n) is 9.42. The SMILES string of the molecule is CCC(=Nc1ccc(F)c(C2(C(CC)CC(=N)C(C)(C)C)COCC2C)c1)C(F)F. The third kappa shape index (κ3) is 4.96. The molecule has 1 aliphatic rings. The zero-order chi connectivity index (χ0) is 22.7. The predicted octanol–water partition coefficient (Wildman–Crippen LogP) is 6.96. The van der Waals surface area contributed by atoms with Crippen molar-refractivity contribution in [2.24, 2.45) is 22.2 Å². The van der Waals surface area contributed by atoms with Crippen LogP contribution in [0, 0.1) is 28.5 Å². The van der Waals surface area contributed by atoms with Crippen molar-refractivity contribution >= 4 is 17.1 Å². The Labute approximate surface area is 178 Å². The summed E-state index contributed by atoms with van der Waals surface area (Å²) in [4.78, 5) is 4.11. The zero-order valence-corrected chi connectivity index (χ0v) is 19.0. The van der Waals surface area contributed by atoms with Crippen molar-refractivity contribution < 1.29 is 17.9 Å². The Morgan fingerprint density at radius 1 is 1.30 bits per heavy atom. The van der Waals surface area contributed by atoms with Gasteiger partial charge in [-0.2, -0.15) is 0 Å². The van der Waals surface area contributed by atoms with Crippen molar-refractivity contribution in [1.29, 1.82) is 5.41 Å². The van der Waals surface area contributed by atoms with Crippen LogP contribution in [0.1, 0.15) is 66.4 Å². The fourth-order valence-electron chi connectivity index (χ4n) is 4.41. The van der Waals surface area contributed by atoms with Gasteiger partial charge in [-0.1, -0.05) is 48.0 Å². The molecule has 6 heteroatoms. The van der Waals surface area contributed by atoms with Crippen LogP contribution < -0.4 is 0 Å². The highest BCUT2D eigenvalue weighted by Gasteiger charge is 2.50. The van der Waals surface area contributed by atoms with E-state index in [9.17, 15) is 8.78 Å². The quantitative estimate of drug-likeness (QED) is 0.451. The Balaban J connectivity index is 2.59. The standard InChI is InChI=1S/C24H35F3N2O/c1-7-16(11-21(28)23(4,5)6)24(14-30-13-15(24)3)18-12-17(9-10-19(18)25)29-20(8-2)22(26)27/h9-10,12,15-16,22,28H,7-8,11,13-14H2,1-6H3. The van der Waals surface area contributed by atoms with E-state index in [0.29, 0.717) is 36.6 Å². The van der Waals surface area contributed by atoms with Crippen LogP contribution in [0.5, 0.6) is 0 Å². The summed E-state index contributed by atoms with van der Waals surface area (Å²) in [5.41, 5.74) is 0.316. The lowest BCUT2D eigenvalue weighted by Gasteiger charge is -2.41. The van der Waals surface area contributed by atoms with Gasteiger partial charge in [0.25, 0.3) is 6.43 Å². The zero-order valence-electron chi connectivity index (χ0n) is 19.0. The lowest BCUT2D eigenvalue weighted by Crippen LogP contribution is -2.43. The first-order chi connectivity index (χ1) is 14.0. The second kappa shape index (κ2) is 9.63. The maximum atomic E-state index is 15.2. The van der Waals surface area contributed by atoms with Crippen LogP contribution in [0.3, 0.4) is 0 Å². The molecule has 3 atom stereocenters. The molecule has 0 amide bonds. The largest absolute Gasteiger partial charge is 0.380 e. The maximum absolute atomic E-state index is 15.2. The number of hydrogen-bond donors (Lipinski definition) is 1. The van der Waals surface area contributed by atoms with Gasteiger partial charge in [0.05, 0.1) is 24.6 Å². The van der Waals surface area contributed by atoms with Crippen molar-refractivity contribution in [3.8, 4) is 0 Å². The number of aliphatic imine (C=N–C) groups is 1. The monoisotopic (exact) mass is 424 g/mol. The van der Waals surface area contributed by atoms with Gasteiger partial charge in [-0.15, -0.1) is 0 Å². The normalized spacial score (nSPS) is 23.8. The molecule has 1 aliphatic heterocycles. The van der Waals surface area contributed by atoms with E-state index in [4.69, 9.17) is 10.1 Å². The van der Waals surface area contributed by atoms with Crippen molar-refractivity contribution in [2.75, 3.05) is 13.2 Å². The van der Waals surface area contributed by atoms with Crippen molar-refractivity contribution in [2.45, 2.75) is 72.6 Å². The Bertz CT molecular complexity index is 785. The molecule has 2 rings (SSSR count). The summed E-state index contributed by atoms with van der Waals surface area (Å²) in [6.07, 6.45) is -1.20. The molecule has 0 aliphatic carbocycles. The molecule has 1 fully saturated rings. The summed E-state index contributed by atoms with van der Waals surface area (Å²) < 4.78 is 47.4. The van der Waals surface area contributed by atoms with Crippen LogP contribution >= 0.6 is 0 Å². The van der Waals surface area contributed by atoms with E-state index in [1.165, 1.54) is 12.1 Å². The van der Waals surface area contributed by atoms with Gasteiger partial charge in [0.1, 0.15) is 5.82 Å². The Kier molecular flexibility index (Phi) is 7.89. The molecule has 1 saturated heterocycles.